The van der Waals surface area contributed by atoms with E-state index in [0.29, 0.717) is 28.3 Å². The number of aromatic nitrogens is 1. The molecule has 25 heavy (non-hydrogen) atoms. The van der Waals surface area contributed by atoms with E-state index in [2.05, 4.69) is 10.3 Å². The van der Waals surface area contributed by atoms with Crippen LogP contribution in [-0.4, -0.2) is 17.0 Å². The van der Waals surface area contributed by atoms with Crippen LogP contribution in [0.15, 0.2) is 36.5 Å². The van der Waals surface area contributed by atoms with Crippen molar-refractivity contribution in [1.82, 2.24) is 10.3 Å². The van der Waals surface area contributed by atoms with Crippen molar-refractivity contribution in [3.63, 3.8) is 0 Å². The molecule has 1 amide bonds. The Labute approximate surface area is 149 Å². The molecule has 2 aromatic heterocycles. The maximum atomic E-state index is 14.0. The minimum atomic E-state index is -0.301. The van der Waals surface area contributed by atoms with E-state index in [0.717, 1.165) is 10.3 Å². The van der Waals surface area contributed by atoms with Gasteiger partial charge in [-0.25, -0.2) is 9.37 Å². The van der Waals surface area contributed by atoms with Crippen LogP contribution in [-0.2, 0) is 6.54 Å². The molecule has 1 N–H and O–H groups in total. The third kappa shape index (κ3) is 3.64. The maximum Gasteiger partial charge on any atom is 0.261 e. The van der Waals surface area contributed by atoms with Gasteiger partial charge in [0.15, 0.2) is 0 Å². The highest BCUT2D eigenvalue weighted by Gasteiger charge is 2.18. The summed E-state index contributed by atoms with van der Waals surface area (Å²) in [5, 5.41) is 3.40. The predicted molar refractivity (Wildman–Crippen MR) is 97.7 cm³/mol. The number of carbonyl (C=O) groups excluding carboxylic acids is 1. The van der Waals surface area contributed by atoms with Gasteiger partial charge in [0.05, 0.1) is 11.0 Å². The van der Waals surface area contributed by atoms with Crippen LogP contribution in [0, 0.1) is 12.7 Å². The van der Waals surface area contributed by atoms with Crippen LogP contribution in [0.2, 0.25) is 0 Å². The van der Waals surface area contributed by atoms with E-state index in [1.165, 1.54) is 17.4 Å². The first-order valence-corrected chi connectivity index (χ1v) is 8.85. The van der Waals surface area contributed by atoms with Crippen molar-refractivity contribution >= 4 is 27.3 Å². The molecule has 0 spiro atoms. The molecular formula is C19H19FN2O2S. The molecule has 4 nitrogen and oxygen atoms in total. The summed E-state index contributed by atoms with van der Waals surface area (Å²) in [7, 11) is 0. The number of aryl methyl sites for hydroxylation is 1. The van der Waals surface area contributed by atoms with Gasteiger partial charge in [0, 0.05) is 28.4 Å². The van der Waals surface area contributed by atoms with Gasteiger partial charge in [0.25, 0.3) is 5.91 Å². The number of pyridine rings is 1. The van der Waals surface area contributed by atoms with E-state index in [1.807, 2.05) is 26.0 Å². The minimum Gasteiger partial charge on any atom is -0.475 e. The quantitative estimate of drug-likeness (QED) is 0.732. The van der Waals surface area contributed by atoms with Gasteiger partial charge in [0.1, 0.15) is 5.82 Å². The number of thiophene rings is 1. The summed E-state index contributed by atoms with van der Waals surface area (Å²) in [6, 6.07) is 8.55. The van der Waals surface area contributed by atoms with Gasteiger partial charge >= 0.3 is 0 Å². The fraction of sp³-hybridized carbons (Fsp3) is 0.263. The molecule has 0 atom stereocenters. The van der Waals surface area contributed by atoms with Crippen molar-refractivity contribution in [2.75, 3.05) is 0 Å². The molecule has 0 fully saturated rings. The molecule has 6 heteroatoms. The van der Waals surface area contributed by atoms with Crippen LogP contribution in [0.5, 0.6) is 5.88 Å². The highest BCUT2D eigenvalue weighted by atomic mass is 32.1. The lowest BCUT2D eigenvalue weighted by Gasteiger charge is -2.13. The number of ether oxygens (including phenoxy) is 1. The first-order chi connectivity index (χ1) is 12.0. The highest BCUT2D eigenvalue weighted by molar-refractivity contribution is 7.21. The molecule has 0 bridgehead atoms. The zero-order valence-electron chi connectivity index (χ0n) is 14.3. The minimum absolute atomic E-state index is 0.00262. The van der Waals surface area contributed by atoms with Crippen molar-refractivity contribution in [3.8, 4) is 5.88 Å². The molecule has 0 aliphatic carbocycles. The van der Waals surface area contributed by atoms with Gasteiger partial charge in [-0.15, -0.1) is 11.3 Å². The average Bonchev–Trinajstić information content (AvgIpc) is 2.91. The Balaban J connectivity index is 1.80. The Hall–Kier alpha value is -2.47. The Morgan fingerprint density at radius 1 is 1.32 bits per heavy atom. The summed E-state index contributed by atoms with van der Waals surface area (Å²) < 4.78 is 20.4. The standard InChI is InChI=1S/C19H19FN2O2S/c1-11(2)24-19-13(6-5-9-21-19)10-22-18(23)17-12(3)16-14(20)7-4-8-15(16)25-17/h4-9,11H,10H2,1-3H3,(H,22,23). The monoisotopic (exact) mass is 358 g/mol. The number of amides is 1. The first kappa shape index (κ1) is 17.4. The average molecular weight is 358 g/mol. The summed E-state index contributed by atoms with van der Waals surface area (Å²) in [6.45, 7) is 5.91. The second-order valence-corrected chi connectivity index (χ2v) is 7.04. The lowest BCUT2D eigenvalue weighted by atomic mass is 10.1. The SMILES string of the molecule is Cc1c(C(=O)NCc2cccnc2OC(C)C)sc2cccc(F)c12. The number of fused-ring (bicyclic) bond motifs is 1. The number of benzene rings is 1. The summed E-state index contributed by atoms with van der Waals surface area (Å²) in [5.74, 6) is -0.0143. The molecule has 3 aromatic rings. The van der Waals surface area contributed by atoms with Crippen molar-refractivity contribution in [2.24, 2.45) is 0 Å². The van der Waals surface area contributed by atoms with E-state index in [4.69, 9.17) is 4.74 Å². The Morgan fingerprint density at radius 3 is 2.84 bits per heavy atom. The molecule has 0 radical (unpaired) electrons. The number of hydrogen-bond acceptors (Lipinski definition) is 4. The third-order valence-electron chi connectivity index (χ3n) is 3.75. The van der Waals surface area contributed by atoms with Gasteiger partial charge in [-0.05, 0) is 44.5 Å². The second kappa shape index (κ2) is 7.19. The molecule has 0 unspecified atom stereocenters. The van der Waals surface area contributed by atoms with Gasteiger partial charge in [-0.2, -0.15) is 0 Å². The van der Waals surface area contributed by atoms with Crippen molar-refractivity contribution in [2.45, 2.75) is 33.4 Å². The zero-order chi connectivity index (χ0) is 18.0. The molecule has 0 aliphatic heterocycles. The lowest BCUT2D eigenvalue weighted by molar-refractivity contribution is 0.0954. The Morgan fingerprint density at radius 2 is 2.12 bits per heavy atom. The molecule has 1 aromatic carbocycles. The van der Waals surface area contributed by atoms with Crippen molar-refractivity contribution < 1.29 is 13.9 Å². The molecule has 0 aliphatic rings. The lowest BCUT2D eigenvalue weighted by Crippen LogP contribution is -2.23. The topological polar surface area (TPSA) is 51.2 Å². The highest BCUT2D eigenvalue weighted by Crippen LogP contribution is 2.32. The van der Waals surface area contributed by atoms with E-state index in [1.54, 1.807) is 25.3 Å². The first-order valence-electron chi connectivity index (χ1n) is 8.03. The predicted octanol–water partition coefficient (Wildman–Crippen LogP) is 4.46. The van der Waals surface area contributed by atoms with Crippen LogP contribution < -0.4 is 10.1 Å². The molecule has 2 heterocycles. The third-order valence-corrected chi connectivity index (χ3v) is 5.00. The van der Waals surface area contributed by atoms with E-state index in [9.17, 15) is 9.18 Å². The number of nitrogens with one attached hydrogen (secondary N) is 1. The number of rotatable bonds is 5. The number of nitrogens with zero attached hydrogens (tertiary/aromatic N) is 1. The zero-order valence-corrected chi connectivity index (χ0v) is 15.1. The smallest absolute Gasteiger partial charge is 0.261 e. The van der Waals surface area contributed by atoms with Gasteiger partial charge in [-0.1, -0.05) is 12.1 Å². The van der Waals surface area contributed by atoms with E-state index in [-0.39, 0.29) is 17.8 Å². The number of hydrogen-bond donors (Lipinski definition) is 1. The Bertz CT molecular complexity index is 921. The molecular weight excluding hydrogens is 339 g/mol. The second-order valence-electron chi connectivity index (χ2n) is 5.99. The molecule has 0 saturated heterocycles. The van der Waals surface area contributed by atoms with Gasteiger partial charge in [0.2, 0.25) is 5.88 Å². The summed E-state index contributed by atoms with van der Waals surface area (Å²) in [4.78, 5) is 17.3. The van der Waals surface area contributed by atoms with Gasteiger partial charge < -0.3 is 10.1 Å². The molecule has 0 saturated carbocycles. The Kier molecular flexibility index (Phi) is 4.99. The van der Waals surface area contributed by atoms with Crippen LogP contribution in [0.4, 0.5) is 4.39 Å². The summed E-state index contributed by atoms with van der Waals surface area (Å²) >= 11 is 1.30. The van der Waals surface area contributed by atoms with E-state index >= 15 is 0 Å². The summed E-state index contributed by atoms with van der Waals surface area (Å²) in [6.07, 6.45) is 1.65. The largest absolute Gasteiger partial charge is 0.475 e. The van der Waals surface area contributed by atoms with E-state index < -0.39 is 0 Å². The number of carbonyl (C=O) groups is 1. The van der Waals surface area contributed by atoms with Crippen LogP contribution in [0.1, 0.15) is 34.6 Å². The van der Waals surface area contributed by atoms with Gasteiger partial charge in [-0.3, -0.25) is 4.79 Å². The van der Waals surface area contributed by atoms with Crippen molar-refractivity contribution in [1.29, 1.82) is 0 Å². The van der Waals surface area contributed by atoms with Crippen LogP contribution in [0.25, 0.3) is 10.1 Å². The normalized spacial score (nSPS) is 11.1. The molecule has 130 valence electrons. The van der Waals surface area contributed by atoms with Crippen LogP contribution >= 0.6 is 11.3 Å². The number of halogens is 1. The fourth-order valence-corrected chi connectivity index (χ4v) is 3.75. The summed E-state index contributed by atoms with van der Waals surface area (Å²) in [5.41, 5.74) is 1.47. The maximum absolute atomic E-state index is 14.0. The van der Waals surface area contributed by atoms with Crippen molar-refractivity contribution in [3.05, 3.63) is 58.3 Å². The fourth-order valence-electron chi connectivity index (χ4n) is 2.61. The molecule has 3 rings (SSSR count). The van der Waals surface area contributed by atoms with Crippen LogP contribution in [0.3, 0.4) is 0 Å².